The van der Waals surface area contributed by atoms with Gasteiger partial charge in [0.05, 0.1) is 19.3 Å². The number of hydrogen-bond acceptors (Lipinski definition) is 3. The van der Waals surface area contributed by atoms with Gasteiger partial charge in [0.15, 0.2) is 0 Å². The van der Waals surface area contributed by atoms with E-state index in [9.17, 15) is 4.79 Å². The van der Waals surface area contributed by atoms with Gasteiger partial charge in [0, 0.05) is 23.8 Å². The van der Waals surface area contributed by atoms with Gasteiger partial charge in [-0.25, -0.2) is 0 Å². The van der Waals surface area contributed by atoms with Crippen LogP contribution in [0.3, 0.4) is 0 Å². The van der Waals surface area contributed by atoms with Gasteiger partial charge >= 0.3 is 0 Å². The fourth-order valence-electron chi connectivity index (χ4n) is 2.17. The van der Waals surface area contributed by atoms with Crippen molar-refractivity contribution in [2.45, 2.75) is 20.0 Å². The molecule has 1 amide bonds. The average Bonchev–Trinajstić information content (AvgIpc) is 2.35. The first-order valence-corrected chi connectivity index (χ1v) is 6.83. The van der Waals surface area contributed by atoms with Gasteiger partial charge in [-0.15, -0.1) is 0 Å². The van der Waals surface area contributed by atoms with E-state index in [1.165, 1.54) is 0 Å². The van der Waals surface area contributed by atoms with Gasteiger partial charge in [-0.05, 0) is 31.5 Å². The molecule has 1 N–H and O–H groups in total. The van der Waals surface area contributed by atoms with Crippen molar-refractivity contribution in [3.05, 3.63) is 28.8 Å². The van der Waals surface area contributed by atoms with E-state index in [1.807, 2.05) is 32.0 Å². The predicted octanol–water partition coefficient (Wildman–Crippen LogP) is 2.31. The molecular weight excluding hydrogens is 264 g/mol. The van der Waals surface area contributed by atoms with Crippen molar-refractivity contribution in [3.63, 3.8) is 0 Å². The highest BCUT2D eigenvalue weighted by atomic mass is 35.5. The molecule has 4 nitrogen and oxygen atoms in total. The summed E-state index contributed by atoms with van der Waals surface area (Å²) in [5, 5.41) is 3.57. The number of anilines is 1. The zero-order valence-corrected chi connectivity index (χ0v) is 12.0. The molecule has 1 atom stereocenters. The second-order valence-electron chi connectivity index (χ2n) is 4.88. The molecule has 1 unspecified atom stereocenters. The zero-order chi connectivity index (χ0) is 13.8. The predicted molar refractivity (Wildman–Crippen MR) is 76.7 cm³/mol. The Labute approximate surface area is 118 Å². The molecule has 1 fully saturated rings. The normalized spacial score (nSPS) is 20.3. The summed E-state index contributed by atoms with van der Waals surface area (Å²) in [5.74, 6) is -0.0144. The molecule has 1 saturated heterocycles. The number of carbonyl (C=O) groups is 1. The Morgan fingerprint density at radius 2 is 2.37 bits per heavy atom. The van der Waals surface area contributed by atoms with Crippen molar-refractivity contribution in [1.29, 1.82) is 0 Å². The van der Waals surface area contributed by atoms with Crippen LogP contribution >= 0.6 is 11.6 Å². The number of amides is 1. The Kier molecular flexibility index (Phi) is 4.80. The Balaban J connectivity index is 1.92. The third-order valence-corrected chi connectivity index (χ3v) is 3.64. The fraction of sp³-hybridized carbons (Fsp3) is 0.500. The van der Waals surface area contributed by atoms with Crippen molar-refractivity contribution in [2.24, 2.45) is 0 Å². The van der Waals surface area contributed by atoms with Crippen LogP contribution < -0.4 is 5.32 Å². The van der Waals surface area contributed by atoms with Crippen LogP contribution in [0.5, 0.6) is 0 Å². The minimum atomic E-state index is -0.0144. The zero-order valence-electron chi connectivity index (χ0n) is 11.3. The van der Waals surface area contributed by atoms with Crippen molar-refractivity contribution in [1.82, 2.24) is 4.90 Å². The van der Waals surface area contributed by atoms with Gasteiger partial charge in [-0.3, -0.25) is 9.69 Å². The van der Waals surface area contributed by atoms with Gasteiger partial charge in [0.25, 0.3) is 0 Å². The van der Waals surface area contributed by atoms with Crippen molar-refractivity contribution in [3.8, 4) is 0 Å². The number of halogens is 1. The molecule has 1 aromatic carbocycles. The van der Waals surface area contributed by atoms with Crippen LogP contribution in [0.1, 0.15) is 12.5 Å². The fourth-order valence-corrected chi connectivity index (χ4v) is 2.34. The van der Waals surface area contributed by atoms with Crippen molar-refractivity contribution >= 4 is 23.2 Å². The summed E-state index contributed by atoms with van der Waals surface area (Å²) in [7, 11) is 0. The summed E-state index contributed by atoms with van der Waals surface area (Å²) in [6, 6.07) is 5.51. The summed E-state index contributed by atoms with van der Waals surface area (Å²) >= 11 is 6.03. The van der Waals surface area contributed by atoms with E-state index in [0.717, 1.165) is 24.3 Å². The largest absolute Gasteiger partial charge is 0.376 e. The van der Waals surface area contributed by atoms with E-state index < -0.39 is 0 Å². The Morgan fingerprint density at radius 1 is 1.58 bits per heavy atom. The van der Waals surface area contributed by atoms with Crippen molar-refractivity contribution < 1.29 is 9.53 Å². The molecule has 1 aromatic rings. The molecule has 1 aliphatic heterocycles. The van der Waals surface area contributed by atoms with Crippen LogP contribution in [0.15, 0.2) is 18.2 Å². The standard InChI is InChI=1S/C14H19ClN2O2/c1-10-8-17(6-7-19-10)9-14(18)16-13-5-3-4-12(15)11(13)2/h3-5,10H,6-9H2,1-2H3,(H,16,18). The first-order valence-electron chi connectivity index (χ1n) is 6.45. The lowest BCUT2D eigenvalue weighted by molar-refractivity contribution is -0.119. The number of nitrogens with zero attached hydrogens (tertiary/aromatic N) is 1. The number of ether oxygens (including phenoxy) is 1. The van der Waals surface area contributed by atoms with Crippen LogP contribution in [0, 0.1) is 6.92 Å². The summed E-state index contributed by atoms with van der Waals surface area (Å²) in [6.07, 6.45) is 0.189. The van der Waals surface area contributed by atoms with Gasteiger partial charge in [0.2, 0.25) is 5.91 Å². The highest BCUT2D eigenvalue weighted by Gasteiger charge is 2.19. The smallest absolute Gasteiger partial charge is 0.238 e. The quantitative estimate of drug-likeness (QED) is 0.925. The lowest BCUT2D eigenvalue weighted by atomic mass is 10.2. The average molecular weight is 283 g/mol. The molecule has 1 heterocycles. The minimum absolute atomic E-state index is 0.0144. The van der Waals surface area contributed by atoms with E-state index in [4.69, 9.17) is 16.3 Å². The second kappa shape index (κ2) is 6.37. The third-order valence-electron chi connectivity index (χ3n) is 3.23. The summed E-state index contributed by atoms with van der Waals surface area (Å²) in [4.78, 5) is 14.1. The highest BCUT2D eigenvalue weighted by molar-refractivity contribution is 6.31. The van der Waals surface area contributed by atoms with Gasteiger partial charge < -0.3 is 10.1 Å². The van der Waals surface area contributed by atoms with E-state index in [0.29, 0.717) is 18.2 Å². The third kappa shape index (κ3) is 3.93. The van der Waals surface area contributed by atoms with E-state index >= 15 is 0 Å². The Morgan fingerprint density at radius 3 is 3.11 bits per heavy atom. The number of hydrogen-bond donors (Lipinski definition) is 1. The molecule has 2 rings (SSSR count). The van der Waals surface area contributed by atoms with Gasteiger partial charge in [-0.1, -0.05) is 17.7 Å². The SMILES string of the molecule is Cc1c(Cl)cccc1NC(=O)CN1CCOC(C)C1. The number of carbonyl (C=O) groups excluding carboxylic acids is 1. The summed E-state index contributed by atoms with van der Waals surface area (Å²) in [5.41, 5.74) is 1.67. The molecule has 5 heteroatoms. The van der Waals surface area contributed by atoms with Gasteiger partial charge in [0.1, 0.15) is 0 Å². The monoisotopic (exact) mass is 282 g/mol. The molecule has 19 heavy (non-hydrogen) atoms. The molecule has 0 bridgehead atoms. The molecule has 0 aliphatic carbocycles. The summed E-state index contributed by atoms with van der Waals surface area (Å²) in [6.45, 7) is 6.58. The van der Waals surface area contributed by atoms with Crippen LogP contribution in [0.25, 0.3) is 0 Å². The topological polar surface area (TPSA) is 41.6 Å². The molecule has 0 aromatic heterocycles. The Bertz CT molecular complexity index is 465. The maximum atomic E-state index is 12.0. The molecule has 0 saturated carbocycles. The molecule has 104 valence electrons. The van der Waals surface area contributed by atoms with Crippen molar-refractivity contribution in [2.75, 3.05) is 31.6 Å². The molecular formula is C14H19ClN2O2. The maximum Gasteiger partial charge on any atom is 0.238 e. The van der Waals surface area contributed by atoms with Crippen LogP contribution in [0.4, 0.5) is 5.69 Å². The maximum absolute atomic E-state index is 12.0. The minimum Gasteiger partial charge on any atom is -0.376 e. The van der Waals surface area contributed by atoms with E-state index in [2.05, 4.69) is 10.2 Å². The lowest BCUT2D eigenvalue weighted by Crippen LogP contribution is -2.44. The summed E-state index contributed by atoms with van der Waals surface area (Å²) < 4.78 is 5.45. The lowest BCUT2D eigenvalue weighted by Gasteiger charge is -2.30. The van der Waals surface area contributed by atoms with Crippen LogP contribution in [-0.4, -0.2) is 43.2 Å². The molecule has 0 spiro atoms. The first kappa shape index (κ1) is 14.3. The number of rotatable bonds is 3. The van der Waals surface area contributed by atoms with Crippen LogP contribution in [-0.2, 0) is 9.53 Å². The van der Waals surface area contributed by atoms with Crippen LogP contribution in [0.2, 0.25) is 5.02 Å². The van der Waals surface area contributed by atoms with Gasteiger partial charge in [-0.2, -0.15) is 0 Å². The Hall–Kier alpha value is -1.10. The number of morpholine rings is 1. The molecule has 0 radical (unpaired) electrons. The number of benzene rings is 1. The molecule has 1 aliphatic rings. The first-order chi connectivity index (χ1) is 9.06. The highest BCUT2D eigenvalue weighted by Crippen LogP contribution is 2.22. The second-order valence-corrected chi connectivity index (χ2v) is 5.28. The van der Waals surface area contributed by atoms with E-state index in [-0.39, 0.29) is 12.0 Å². The van der Waals surface area contributed by atoms with E-state index in [1.54, 1.807) is 0 Å². The number of nitrogens with one attached hydrogen (secondary N) is 1.